The molecule has 0 atom stereocenters. The summed E-state index contributed by atoms with van der Waals surface area (Å²) in [5.41, 5.74) is 3.13. The monoisotopic (exact) mass is 342 g/mol. The topological polar surface area (TPSA) is 61.2 Å². The van der Waals surface area contributed by atoms with Crippen LogP contribution in [0.2, 0.25) is 0 Å². The van der Waals surface area contributed by atoms with Crippen LogP contribution < -0.4 is 0 Å². The molecule has 1 aliphatic rings. The van der Waals surface area contributed by atoms with Crippen molar-refractivity contribution in [3.05, 3.63) is 77.1 Å². The third kappa shape index (κ3) is 1.80. The van der Waals surface area contributed by atoms with Gasteiger partial charge in [-0.15, -0.1) is 0 Å². The van der Waals surface area contributed by atoms with E-state index in [0.29, 0.717) is 33.3 Å². The van der Waals surface area contributed by atoms with Crippen LogP contribution in [0.3, 0.4) is 0 Å². The first-order valence-corrected chi connectivity index (χ1v) is 8.29. The number of benzene rings is 2. The largest absolute Gasteiger partial charge is 0.364 e. The predicted molar refractivity (Wildman–Crippen MR) is 97.6 cm³/mol. The minimum Gasteiger partial charge on any atom is -0.364 e. The number of ketones is 2. The highest BCUT2D eigenvalue weighted by molar-refractivity contribution is 6.34. The molecular weight excluding hydrogens is 328 g/mol. The minimum atomic E-state index is -0.168. The molecular formula is C21H14N2O3. The number of hydrogen-bond acceptors (Lipinski definition) is 4. The Hall–Kier alpha value is -3.31. The Morgan fingerprint density at radius 1 is 0.923 bits per heavy atom. The Balaban J connectivity index is 1.92. The van der Waals surface area contributed by atoms with Crippen molar-refractivity contribution in [2.75, 3.05) is 7.11 Å². The molecule has 0 unspecified atom stereocenters. The van der Waals surface area contributed by atoms with E-state index in [4.69, 9.17) is 4.74 Å². The number of carbonyl (C=O) groups excluding carboxylic acids is 2. The lowest BCUT2D eigenvalue weighted by molar-refractivity contribution is 0.0952. The van der Waals surface area contributed by atoms with Gasteiger partial charge in [-0.25, -0.2) is 0 Å². The van der Waals surface area contributed by atoms with E-state index < -0.39 is 0 Å². The van der Waals surface area contributed by atoms with E-state index in [9.17, 15) is 9.59 Å². The summed E-state index contributed by atoms with van der Waals surface area (Å²) in [5.74, 6) is -0.333. The van der Waals surface area contributed by atoms with Crippen molar-refractivity contribution in [1.82, 2.24) is 9.55 Å². The van der Waals surface area contributed by atoms with Crippen LogP contribution in [0.15, 0.2) is 54.7 Å². The first-order chi connectivity index (χ1) is 12.7. The summed E-state index contributed by atoms with van der Waals surface area (Å²) in [6.07, 6.45) is 1.52. The molecule has 5 rings (SSSR count). The zero-order valence-corrected chi connectivity index (χ0v) is 14.0. The van der Waals surface area contributed by atoms with E-state index >= 15 is 0 Å². The number of methoxy groups -OCH3 is 1. The summed E-state index contributed by atoms with van der Waals surface area (Å²) in [6.45, 7) is 0.202. The Morgan fingerprint density at radius 2 is 1.65 bits per heavy atom. The number of pyridine rings is 1. The van der Waals surface area contributed by atoms with Crippen molar-refractivity contribution in [1.29, 1.82) is 0 Å². The van der Waals surface area contributed by atoms with Gasteiger partial charge in [0, 0.05) is 29.6 Å². The van der Waals surface area contributed by atoms with Crippen molar-refractivity contribution in [2.45, 2.75) is 6.73 Å². The molecule has 0 spiro atoms. The Bertz CT molecular complexity index is 1240. The summed E-state index contributed by atoms with van der Waals surface area (Å²) in [6, 6.07) is 14.9. The van der Waals surface area contributed by atoms with Crippen LogP contribution in [0.4, 0.5) is 0 Å². The van der Waals surface area contributed by atoms with Gasteiger partial charge in [0.15, 0.2) is 5.78 Å². The number of rotatable bonds is 2. The smallest absolute Gasteiger partial charge is 0.211 e. The Morgan fingerprint density at radius 3 is 2.46 bits per heavy atom. The molecule has 0 N–H and O–H groups in total. The highest BCUT2D eigenvalue weighted by Gasteiger charge is 2.36. The quantitative estimate of drug-likeness (QED) is 0.492. The normalized spacial score (nSPS) is 13.3. The van der Waals surface area contributed by atoms with Crippen molar-refractivity contribution in [3.8, 4) is 0 Å². The number of carbonyl (C=O) groups is 2. The molecule has 0 saturated heterocycles. The number of aromatic nitrogens is 2. The molecule has 5 nitrogen and oxygen atoms in total. The van der Waals surface area contributed by atoms with Crippen LogP contribution in [0.1, 0.15) is 32.0 Å². The van der Waals surface area contributed by atoms with Gasteiger partial charge in [-0.2, -0.15) is 0 Å². The average molecular weight is 342 g/mol. The highest BCUT2D eigenvalue weighted by atomic mass is 16.5. The van der Waals surface area contributed by atoms with Crippen molar-refractivity contribution in [3.63, 3.8) is 0 Å². The summed E-state index contributed by atoms with van der Waals surface area (Å²) in [7, 11) is 1.57. The molecule has 0 amide bonds. The molecule has 4 aromatic rings. The molecule has 2 aromatic carbocycles. The zero-order chi connectivity index (χ0) is 17.8. The van der Waals surface area contributed by atoms with Gasteiger partial charge < -0.3 is 9.30 Å². The van der Waals surface area contributed by atoms with Gasteiger partial charge in [-0.05, 0) is 12.1 Å². The van der Waals surface area contributed by atoms with Gasteiger partial charge in [0.2, 0.25) is 5.78 Å². The fourth-order valence-corrected chi connectivity index (χ4v) is 3.84. The number of fused-ring (bicyclic) bond motifs is 6. The van der Waals surface area contributed by atoms with E-state index in [2.05, 4.69) is 4.98 Å². The molecule has 126 valence electrons. The fourth-order valence-electron chi connectivity index (χ4n) is 3.84. The number of para-hydroxylation sites is 2. The van der Waals surface area contributed by atoms with E-state index in [1.807, 2.05) is 48.5 Å². The zero-order valence-electron chi connectivity index (χ0n) is 14.0. The molecule has 0 saturated carbocycles. The van der Waals surface area contributed by atoms with Gasteiger partial charge in [0.1, 0.15) is 12.4 Å². The van der Waals surface area contributed by atoms with Crippen LogP contribution in [0.25, 0.3) is 21.8 Å². The summed E-state index contributed by atoms with van der Waals surface area (Å²) >= 11 is 0. The maximum Gasteiger partial charge on any atom is 0.211 e. The minimum absolute atomic E-state index is 0.165. The highest BCUT2D eigenvalue weighted by Crippen LogP contribution is 2.37. The van der Waals surface area contributed by atoms with Gasteiger partial charge >= 0.3 is 0 Å². The maximum absolute atomic E-state index is 13.5. The second kappa shape index (κ2) is 5.34. The van der Waals surface area contributed by atoms with E-state index in [-0.39, 0.29) is 18.3 Å². The standard InChI is InChI=1S/C21H14N2O3/c1-26-11-23-16-9-5-3-7-13(16)18-19(23)21(25)17-12-6-2-4-8-15(12)22-10-14(17)20(18)24/h2-10H,11H2,1H3. The molecule has 0 fully saturated rings. The number of ether oxygens (including phenoxy) is 1. The van der Waals surface area contributed by atoms with Crippen molar-refractivity contribution >= 4 is 33.4 Å². The lowest BCUT2D eigenvalue weighted by Gasteiger charge is -2.18. The number of hydrogen-bond donors (Lipinski definition) is 0. The Labute approximate surface area is 148 Å². The second-order valence-electron chi connectivity index (χ2n) is 6.31. The van der Waals surface area contributed by atoms with E-state index in [0.717, 1.165) is 10.9 Å². The molecule has 5 heteroatoms. The first-order valence-electron chi connectivity index (χ1n) is 8.29. The molecule has 0 radical (unpaired) electrons. The van der Waals surface area contributed by atoms with Crippen LogP contribution in [-0.2, 0) is 11.5 Å². The maximum atomic E-state index is 13.5. The molecule has 0 aliphatic heterocycles. The van der Waals surface area contributed by atoms with E-state index in [1.165, 1.54) is 6.20 Å². The van der Waals surface area contributed by atoms with Crippen LogP contribution in [0, 0.1) is 0 Å². The molecule has 0 bridgehead atoms. The van der Waals surface area contributed by atoms with Gasteiger partial charge in [0.05, 0.1) is 22.2 Å². The number of nitrogens with zero attached hydrogens (tertiary/aromatic N) is 2. The van der Waals surface area contributed by atoms with Gasteiger partial charge in [0.25, 0.3) is 0 Å². The molecule has 2 aromatic heterocycles. The Kier molecular flexibility index (Phi) is 3.08. The molecule has 26 heavy (non-hydrogen) atoms. The van der Waals surface area contributed by atoms with Crippen molar-refractivity contribution < 1.29 is 14.3 Å². The average Bonchev–Trinajstić information content (AvgIpc) is 3.01. The molecule has 1 aliphatic carbocycles. The lowest BCUT2D eigenvalue weighted by Crippen LogP contribution is -2.24. The second-order valence-corrected chi connectivity index (χ2v) is 6.31. The predicted octanol–water partition coefficient (Wildman–Crippen LogP) is 3.57. The summed E-state index contributed by atoms with van der Waals surface area (Å²) < 4.78 is 7.09. The van der Waals surface area contributed by atoms with Crippen LogP contribution in [0.5, 0.6) is 0 Å². The van der Waals surface area contributed by atoms with Crippen molar-refractivity contribution in [2.24, 2.45) is 0 Å². The van der Waals surface area contributed by atoms with Gasteiger partial charge in [-0.3, -0.25) is 14.6 Å². The van der Waals surface area contributed by atoms with Crippen LogP contribution in [-0.4, -0.2) is 28.2 Å². The lowest BCUT2D eigenvalue weighted by atomic mass is 9.86. The molecule has 2 heterocycles. The third-order valence-corrected chi connectivity index (χ3v) is 4.92. The third-order valence-electron chi connectivity index (χ3n) is 4.92. The van der Waals surface area contributed by atoms with E-state index in [1.54, 1.807) is 11.7 Å². The first kappa shape index (κ1) is 15.0. The van der Waals surface area contributed by atoms with Gasteiger partial charge in [-0.1, -0.05) is 36.4 Å². The summed E-state index contributed by atoms with van der Waals surface area (Å²) in [4.78, 5) is 31.1. The summed E-state index contributed by atoms with van der Waals surface area (Å²) in [5, 5.41) is 1.46. The fraction of sp³-hybridized carbons (Fsp3) is 0.0952. The van der Waals surface area contributed by atoms with Crippen LogP contribution >= 0.6 is 0 Å². The SMILES string of the molecule is COCn1c2c(c3ccccc31)C(=O)c1cnc3ccccc3c1C2=O.